The lowest BCUT2D eigenvalue weighted by atomic mass is 9.90. The molecule has 186 valence electrons. The largest absolute Gasteiger partial charge is 0.394 e. The van der Waals surface area contributed by atoms with Gasteiger partial charge in [-0.25, -0.2) is 0 Å². The van der Waals surface area contributed by atoms with E-state index in [9.17, 15) is 20.4 Å². The molecule has 0 bridgehead atoms. The third-order valence-electron chi connectivity index (χ3n) is 5.83. The Morgan fingerprint density at radius 2 is 1.76 bits per heavy atom. The van der Waals surface area contributed by atoms with Crippen LogP contribution in [0.15, 0.2) is 47.6 Å². The van der Waals surface area contributed by atoms with Crippen LogP contribution in [-0.2, 0) is 16.0 Å². The Hall–Kier alpha value is -2.00. The number of halogens is 1. The molecular weight excluding hydrogens is 458 g/mol. The molecule has 2 aromatic carbocycles. The minimum atomic E-state index is -1.43. The molecular formula is C26H34ClNO6. The maximum atomic E-state index is 10.5. The standard InChI is InChI=1S/C26H34ClNO6/c1-4-5-21(28-34-15(2)3)17-8-6-16(7-9-17)12-19-13-18(10-11-20(19)27)26-25(32)24(31)23(30)22(14-29)33-26/h6-11,13,15,22-26,29-32H,4-5,12,14H2,1-3H3/b28-21+/t22-,23-,24+,25-,26+/m1/s1. The molecule has 0 saturated carbocycles. The van der Waals surface area contributed by atoms with E-state index < -0.39 is 37.1 Å². The summed E-state index contributed by atoms with van der Waals surface area (Å²) >= 11 is 6.45. The van der Waals surface area contributed by atoms with Gasteiger partial charge in [-0.15, -0.1) is 0 Å². The minimum absolute atomic E-state index is 0.0178. The third kappa shape index (κ3) is 6.36. The van der Waals surface area contributed by atoms with Crippen LogP contribution >= 0.6 is 11.6 Å². The highest BCUT2D eigenvalue weighted by Gasteiger charge is 2.44. The summed E-state index contributed by atoms with van der Waals surface area (Å²) < 4.78 is 5.69. The highest BCUT2D eigenvalue weighted by atomic mass is 35.5. The molecule has 0 amide bonds. The fraction of sp³-hybridized carbons (Fsp3) is 0.500. The molecule has 7 nitrogen and oxygen atoms in total. The molecule has 1 heterocycles. The molecule has 0 unspecified atom stereocenters. The maximum absolute atomic E-state index is 10.5. The van der Waals surface area contributed by atoms with E-state index in [0.717, 1.165) is 35.2 Å². The summed E-state index contributed by atoms with van der Waals surface area (Å²) in [6, 6.07) is 13.3. The van der Waals surface area contributed by atoms with Gasteiger partial charge in [0.1, 0.15) is 36.6 Å². The molecule has 0 aromatic heterocycles. The molecule has 8 heteroatoms. The van der Waals surface area contributed by atoms with Crippen molar-refractivity contribution < 1.29 is 30.0 Å². The summed E-state index contributed by atoms with van der Waals surface area (Å²) in [4.78, 5) is 5.45. The van der Waals surface area contributed by atoms with Gasteiger partial charge in [0.2, 0.25) is 0 Å². The van der Waals surface area contributed by atoms with Gasteiger partial charge in [0.05, 0.1) is 12.3 Å². The highest BCUT2D eigenvalue weighted by molar-refractivity contribution is 6.31. The third-order valence-corrected chi connectivity index (χ3v) is 6.20. The normalized spacial score (nSPS) is 25.6. The Balaban J connectivity index is 1.80. The van der Waals surface area contributed by atoms with Gasteiger partial charge in [-0.2, -0.15) is 0 Å². The highest BCUT2D eigenvalue weighted by Crippen LogP contribution is 2.34. The van der Waals surface area contributed by atoms with Gasteiger partial charge in [0.15, 0.2) is 0 Å². The number of hydrogen-bond donors (Lipinski definition) is 4. The Morgan fingerprint density at radius 3 is 2.38 bits per heavy atom. The molecule has 1 aliphatic rings. The van der Waals surface area contributed by atoms with E-state index in [1.165, 1.54) is 0 Å². The Labute approximate surface area is 205 Å². The summed E-state index contributed by atoms with van der Waals surface area (Å²) in [6.07, 6.45) is -3.68. The van der Waals surface area contributed by atoms with Crippen molar-refractivity contribution in [3.8, 4) is 0 Å². The molecule has 2 aromatic rings. The van der Waals surface area contributed by atoms with Crippen LogP contribution in [0.1, 0.15) is 62.0 Å². The molecule has 1 fully saturated rings. The summed E-state index contributed by atoms with van der Waals surface area (Å²) in [5.74, 6) is 0. The first-order valence-corrected chi connectivity index (χ1v) is 12.0. The van der Waals surface area contributed by atoms with Gasteiger partial charge in [0.25, 0.3) is 0 Å². The zero-order valence-electron chi connectivity index (χ0n) is 19.8. The fourth-order valence-electron chi connectivity index (χ4n) is 3.97. The van der Waals surface area contributed by atoms with E-state index in [1.54, 1.807) is 12.1 Å². The molecule has 5 atom stereocenters. The molecule has 34 heavy (non-hydrogen) atoms. The summed E-state index contributed by atoms with van der Waals surface area (Å²) in [7, 11) is 0. The number of benzene rings is 2. The molecule has 0 radical (unpaired) electrons. The van der Waals surface area contributed by atoms with Crippen molar-refractivity contribution in [3.05, 3.63) is 69.7 Å². The van der Waals surface area contributed by atoms with Gasteiger partial charge in [-0.3, -0.25) is 0 Å². The average molecular weight is 492 g/mol. The van der Waals surface area contributed by atoms with Crippen molar-refractivity contribution in [2.24, 2.45) is 5.16 Å². The number of ether oxygens (including phenoxy) is 1. The van der Waals surface area contributed by atoms with Crippen LogP contribution in [0.25, 0.3) is 0 Å². The number of oxime groups is 1. The molecule has 1 saturated heterocycles. The molecule has 3 rings (SSSR count). The van der Waals surface area contributed by atoms with Crippen LogP contribution < -0.4 is 0 Å². The summed E-state index contributed by atoms with van der Waals surface area (Å²) in [5.41, 5.74) is 4.39. The van der Waals surface area contributed by atoms with E-state index in [0.29, 0.717) is 17.0 Å². The first-order chi connectivity index (χ1) is 16.2. The SMILES string of the molecule is CCC/C(=N\OC(C)C)c1ccc(Cc2cc([C@@H]3O[C@H](CO)[C@@H](O)[C@H](O)[C@H]3O)ccc2Cl)cc1. The molecule has 0 aliphatic carbocycles. The van der Waals surface area contributed by atoms with Gasteiger partial charge >= 0.3 is 0 Å². The fourth-order valence-corrected chi connectivity index (χ4v) is 4.15. The van der Waals surface area contributed by atoms with Crippen molar-refractivity contribution in [2.75, 3.05) is 6.61 Å². The maximum Gasteiger partial charge on any atom is 0.122 e. The Morgan fingerprint density at radius 1 is 1.06 bits per heavy atom. The van der Waals surface area contributed by atoms with Gasteiger partial charge in [-0.1, -0.05) is 66.5 Å². The van der Waals surface area contributed by atoms with Gasteiger partial charge in [0, 0.05) is 5.02 Å². The second-order valence-electron chi connectivity index (χ2n) is 8.92. The van der Waals surface area contributed by atoms with E-state index in [-0.39, 0.29) is 6.10 Å². The van der Waals surface area contributed by atoms with Crippen LogP contribution in [-0.4, -0.2) is 63.3 Å². The average Bonchev–Trinajstić information content (AvgIpc) is 2.82. The zero-order chi connectivity index (χ0) is 24.8. The monoisotopic (exact) mass is 491 g/mol. The predicted octanol–water partition coefficient (Wildman–Crippen LogP) is 3.37. The second-order valence-corrected chi connectivity index (χ2v) is 9.32. The van der Waals surface area contributed by atoms with Gasteiger partial charge in [-0.05, 0) is 55.0 Å². The lowest BCUT2D eigenvalue weighted by Gasteiger charge is -2.40. The Kier molecular flexibility index (Phi) is 9.47. The number of hydrogen-bond acceptors (Lipinski definition) is 7. The predicted molar refractivity (Wildman–Crippen MR) is 131 cm³/mol. The lowest BCUT2D eigenvalue weighted by Crippen LogP contribution is -2.55. The smallest absolute Gasteiger partial charge is 0.122 e. The van der Waals surface area contributed by atoms with Gasteiger partial charge < -0.3 is 30.0 Å². The van der Waals surface area contributed by atoms with E-state index >= 15 is 0 Å². The van der Waals surface area contributed by atoms with E-state index in [4.69, 9.17) is 21.2 Å². The zero-order valence-corrected chi connectivity index (χ0v) is 20.5. The van der Waals surface area contributed by atoms with Crippen LogP contribution in [0.2, 0.25) is 5.02 Å². The van der Waals surface area contributed by atoms with Crippen molar-refractivity contribution in [3.63, 3.8) is 0 Å². The van der Waals surface area contributed by atoms with Crippen molar-refractivity contribution in [1.82, 2.24) is 0 Å². The molecule has 0 spiro atoms. The van der Waals surface area contributed by atoms with Crippen LogP contribution in [0.3, 0.4) is 0 Å². The number of aliphatic hydroxyl groups excluding tert-OH is 4. The second kappa shape index (κ2) is 12.1. The van der Waals surface area contributed by atoms with Crippen molar-refractivity contribution >= 4 is 17.3 Å². The number of aliphatic hydroxyl groups is 4. The van der Waals surface area contributed by atoms with Crippen molar-refractivity contribution in [1.29, 1.82) is 0 Å². The molecule has 4 N–H and O–H groups in total. The topological polar surface area (TPSA) is 112 Å². The lowest BCUT2D eigenvalue weighted by molar-refractivity contribution is -0.231. The summed E-state index contributed by atoms with van der Waals surface area (Å²) in [5, 5.41) is 45.0. The first kappa shape index (κ1) is 26.6. The van der Waals surface area contributed by atoms with Crippen LogP contribution in [0.4, 0.5) is 0 Å². The quantitative estimate of drug-likeness (QED) is 0.316. The van der Waals surface area contributed by atoms with E-state index in [1.807, 2.05) is 44.2 Å². The summed E-state index contributed by atoms with van der Waals surface area (Å²) in [6.45, 7) is 5.51. The van der Waals surface area contributed by atoms with Crippen LogP contribution in [0.5, 0.6) is 0 Å². The number of nitrogens with zero attached hydrogens (tertiary/aromatic N) is 1. The van der Waals surface area contributed by atoms with Crippen molar-refractivity contribution in [2.45, 2.75) is 76.7 Å². The Bertz CT molecular complexity index is 962. The minimum Gasteiger partial charge on any atom is -0.394 e. The molecule has 1 aliphatic heterocycles. The van der Waals surface area contributed by atoms with Crippen LogP contribution in [0, 0.1) is 0 Å². The van der Waals surface area contributed by atoms with E-state index in [2.05, 4.69) is 12.1 Å². The first-order valence-electron chi connectivity index (χ1n) is 11.7. The number of rotatable bonds is 9.